The Balaban J connectivity index is 2.18. The molecule has 17 heavy (non-hydrogen) atoms. The molecular formula is C11H19N3O3. The molecule has 0 aromatic carbocycles. The van der Waals surface area contributed by atoms with Crippen LogP contribution in [0.1, 0.15) is 37.8 Å². The topological polar surface area (TPSA) is 88.2 Å². The second-order valence-electron chi connectivity index (χ2n) is 4.00. The average molecular weight is 241 g/mol. The molecule has 0 saturated heterocycles. The number of carbonyl (C=O) groups is 1. The quantitative estimate of drug-likeness (QED) is 0.626. The Morgan fingerprint density at radius 3 is 2.82 bits per heavy atom. The zero-order valence-corrected chi connectivity index (χ0v) is 9.88. The molecule has 1 heterocycles. The Kier molecular flexibility index (Phi) is 6.24. The number of hydrogen-bond donors (Lipinski definition) is 2. The van der Waals surface area contributed by atoms with Gasteiger partial charge in [-0.15, -0.1) is 5.10 Å². The molecule has 0 fully saturated rings. The summed E-state index contributed by atoms with van der Waals surface area (Å²) in [4.78, 5) is 10.3. The Hall–Kier alpha value is -1.43. The van der Waals surface area contributed by atoms with E-state index in [4.69, 9.17) is 10.2 Å². The highest BCUT2D eigenvalue weighted by Crippen LogP contribution is 2.04. The zero-order chi connectivity index (χ0) is 12.5. The summed E-state index contributed by atoms with van der Waals surface area (Å²) in [7, 11) is 0. The van der Waals surface area contributed by atoms with Gasteiger partial charge < -0.3 is 10.2 Å². The highest BCUT2D eigenvalue weighted by atomic mass is 16.4. The monoisotopic (exact) mass is 241 g/mol. The maximum atomic E-state index is 10.3. The van der Waals surface area contributed by atoms with Gasteiger partial charge in [0.05, 0.1) is 5.69 Å². The highest BCUT2D eigenvalue weighted by Gasteiger charge is 2.02. The van der Waals surface area contributed by atoms with Crippen molar-refractivity contribution in [3.8, 4) is 0 Å². The molecule has 0 aliphatic carbocycles. The lowest BCUT2D eigenvalue weighted by molar-refractivity contribution is -0.137. The summed E-state index contributed by atoms with van der Waals surface area (Å²) in [5, 5.41) is 25.1. The van der Waals surface area contributed by atoms with Gasteiger partial charge in [-0.3, -0.25) is 9.48 Å². The van der Waals surface area contributed by atoms with E-state index in [0.717, 1.165) is 37.9 Å². The van der Waals surface area contributed by atoms with Gasteiger partial charge >= 0.3 is 5.97 Å². The minimum atomic E-state index is -0.752. The number of aryl methyl sites for hydroxylation is 2. The lowest BCUT2D eigenvalue weighted by Gasteiger charge is -1.97. The Labute approximate surface area is 100 Å². The summed E-state index contributed by atoms with van der Waals surface area (Å²) < 4.78 is 1.77. The molecule has 1 rings (SSSR count). The molecular weight excluding hydrogens is 222 g/mol. The van der Waals surface area contributed by atoms with E-state index in [1.54, 1.807) is 4.68 Å². The minimum Gasteiger partial charge on any atom is -0.481 e. The zero-order valence-electron chi connectivity index (χ0n) is 9.88. The van der Waals surface area contributed by atoms with E-state index in [1.165, 1.54) is 0 Å². The number of unbranched alkanes of at least 4 members (excludes halogenated alkanes) is 2. The SMILES string of the molecule is O=C(O)CCCCc1cn(CCCCO)nn1. The third-order valence-electron chi connectivity index (χ3n) is 2.45. The number of hydrogen-bond acceptors (Lipinski definition) is 4. The third-order valence-corrected chi connectivity index (χ3v) is 2.45. The predicted octanol–water partition coefficient (Wildman–Crippen LogP) is 0.848. The van der Waals surface area contributed by atoms with Crippen molar-refractivity contribution < 1.29 is 15.0 Å². The standard InChI is InChI=1S/C11H19N3O3/c15-8-4-3-7-14-9-10(12-13-14)5-1-2-6-11(16)17/h9,15H,1-8H2,(H,16,17). The molecule has 0 amide bonds. The Bertz CT molecular complexity index is 338. The molecule has 0 atom stereocenters. The van der Waals surface area contributed by atoms with E-state index in [-0.39, 0.29) is 13.0 Å². The smallest absolute Gasteiger partial charge is 0.303 e. The van der Waals surface area contributed by atoms with Gasteiger partial charge in [0.25, 0.3) is 0 Å². The van der Waals surface area contributed by atoms with E-state index >= 15 is 0 Å². The van der Waals surface area contributed by atoms with E-state index in [0.29, 0.717) is 6.42 Å². The van der Waals surface area contributed by atoms with Crippen molar-refractivity contribution in [2.24, 2.45) is 0 Å². The number of aromatic nitrogens is 3. The van der Waals surface area contributed by atoms with Crippen LogP contribution in [0.5, 0.6) is 0 Å². The molecule has 6 heteroatoms. The predicted molar refractivity (Wildman–Crippen MR) is 61.5 cm³/mol. The van der Waals surface area contributed by atoms with E-state index in [9.17, 15) is 4.79 Å². The molecule has 0 spiro atoms. The van der Waals surface area contributed by atoms with Crippen LogP contribution >= 0.6 is 0 Å². The first-order valence-electron chi connectivity index (χ1n) is 5.94. The Morgan fingerprint density at radius 2 is 2.12 bits per heavy atom. The maximum absolute atomic E-state index is 10.3. The largest absolute Gasteiger partial charge is 0.481 e. The van der Waals surface area contributed by atoms with E-state index < -0.39 is 5.97 Å². The Morgan fingerprint density at radius 1 is 1.29 bits per heavy atom. The van der Waals surface area contributed by atoms with Gasteiger partial charge in [0.15, 0.2) is 0 Å². The van der Waals surface area contributed by atoms with Crippen LogP contribution in [0.4, 0.5) is 0 Å². The van der Waals surface area contributed by atoms with E-state index in [2.05, 4.69) is 10.3 Å². The summed E-state index contributed by atoms with van der Waals surface area (Å²) in [6.07, 6.45) is 6.02. The van der Waals surface area contributed by atoms with Crippen LogP contribution in [-0.4, -0.2) is 37.8 Å². The number of aliphatic carboxylic acids is 1. The molecule has 0 aliphatic rings. The summed E-state index contributed by atoms with van der Waals surface area (Å²) in [6, 6.07) is 0. The first kappa shape index (κ1) is 13.6. The normalized spacial score (nSPS) is 10.6. The lowest BCUT2D eigenvalue weighted by atomic mass is 10.1. The van der Waals surface area contributed by atoms with Crippen molar-refractivity contribution in [3.63, 3.8) is 0 Å². The minimum absolute atomic E-state index is 0.205. The average Bonchev–Trinajstić information content (AvgIpc) is 2.73. The van der Waals surface area contributed by atoms with Crippen molar-refractivity contribution in [2.45, 2.75) is 45.1 Å². The fourth-order valence-corrected chi connectivity index (χ4v) is 1.53. The number of carboxylic acid groups (broad SMARTS) is 1. The first-order valence-corrected chi connectivity index (χ1v) is 5.94. The highest BCUT2D eigenvalue weighted by molar-refractivity contribution is 5.66. The van der Waals surface area contributed by atoms with Gasteiger partial charge in [0.1, 0.15) is 0 Å². The number of aliphatic hydroxyl groups excluding tert-OH is 1. The molecule has 96 valence electrons. The van der Waals surface area contributed by atoms with Crippen LogP contribution < -0.4 is 0 Å². The lowest BCUT2D eigenvalue weighted by Crippen LogP contribution is -1.99. The van der Waals surface area contributed by atoms with Crippen molar-refractivity contribution >= 4 is 5.97 Å². The molecule has 0 saturated carbocycles. The molecule has 1 aromatic heterocycles. The van der Waals surface area contributed by atoms with Crippen molar-refractivity contribution in [1.29, 1.82) is 0 Å². The molecule has 6 nitrogen and oxygen atoms in total. The number of carboxylic acids is 1. The number of rotatable bonds is 9. The van der Waals surface area contributed by atoms with Crippen molar-refractivity contribution in [2.75, 3.05) is 6.61 Å². The van der Waals surface area contributed by atoms with Crippen LogP contribution in [0.2, 0.25) is 0 Å². The fourth-order valence-electron chi connectivity index (χ4n) is 1.53. The van der Waals surface area contributed by atoms with E-state index in [1.807, 2.05) is 6.20 Å². The van der Waals surface area contributed by atoms with Gasteiger partial charge in [0.2, 0.25) is 0 Å². The van der Waals surface area contributed by atoms with Gasteiger partial charge in [0, 0.05) is 25.8 Å². The van der Waals surface area contributed by atoms with Crippen LogP contribution in [0, 0.1) is 0 Å². The van der Waals surface area contributed by atoms with Gasteiger partial charge in [-0.2, -0.15) is 0 Å². The summed E-state index contributed by atoms with van der Waals surface area (Å²) in [6.45, 7) is 0.972. The second kappa shape index (κ2) is 7.78. The number of nitrogens with zero attached hydrogens (tertiary/aromatic N) is 3. The molecule has 0 radical (unpaired) electrons. The van der Waals surface area contributed by atoms with Gasteiger partial charge in [-0.1, -0.05) is 5.21 Å². The maximum Gasteiger partial charge on any atom is 0.303 e. The second-order valence-corrected chi connectivity index (χ2v) is 4.00. The third kappa shape index (κ3) is 6.01. The molecule has 2 N–H and O–H groups in total. The van der Waals surface area contributed by atoms with Crippen molar-refractivity contribution in [3.05, 3.63) is 11.9 Å². The molecule has 0 aliphatic heterocycles. The number of aliphatic hydroxyl groups is 1. The van der Waals surface area contributed by atoms with Crippen molar-refractivity contribution in [1.82, 2.24) is 15.0 Å². The first-order chi connectivity index (χ1) is 8.22. The summed E-state index contributed by atoms with van der Waals surface area (Å²) in [5.74, 6) is -0.752. The molecule has 0 unspecified atom stereocenters. The fraction of sp³-hybridized carbons (Fsp3) is 0.727. The summed E-state index contributed by atoms with van der Waals surface area (Å²) in [5.41, 5.74) is 0.902. The molecule has 0 bridgehead atoms. The van der Waals surface area contributed by atoms with Crippen LogP contribution in [0.15, 0.2) is 6.20 Å². The van der Waals surface area contributed by atoms with Crippen LogP contribution in [-0.2, 0) is 17.8 Å². The van der Waals surface area contributed by atoms with Crippen LogP contribution in [0.25, 0.3) is 0 Å². The molecule has 1 aromatic rings. The summed E-state index contributed by atoms with van der Waals surface area (Å²) >= 11 is 0. The van der Waals surface area contributed by atoms with Crippen LogP contribution in [0.3, 0.4) is 0 Å². The van der Waals surface area contributed by atoms with Gasteiger partial charge in [-0.25, -0.2) is 0 Å². The van der Waals surface area contributed by atoms with Gasteiger partial charge in [-0.05, 0) is 32.1 Å².